The molecule has 2 heterocycles. The number of fused-ring (bicyclic) bond motifs is 1. The van der Waals surface area contributed by atoms with E-state index in [1.54, 1.807) is 0 Å². The number of ether oxygens (including phenoxy) is 1. The summed E-state index contributed by atoms with van der Waals surface area (Å²) >= 11 is 5.76. The van der Waals surface area contributed by atoms with E-state index in [0.717, 1.165) is 28.2 Å². The van der Waals surface area contributed by atoms with Gasteiger partial charge in [-0.3, -0.25) is 0 Å². The molecule has 7 nitrogen and oxygen atoms in total. The van der Waals surface area contributed by atoms with Crippen LogP contribution in [0.4, 0.5) is 11.6 Å². The van der Waals surface area contributed by atoms with E-state index in [1.165, 1.54) is 12.4 Å². The molecule has 8 heteroatoms. The predicted molar refractivity (Wildman–Crippen MR) is 106 cm³/mol. The van der Waals surface area contributed by atoms with Crippen LogP contribution in [-0.4, -0.2) is 19.5 Å². The number of nitrogen functional groups attached to an aromatic ring is 1. The fourth-order valence-corrected chi connectivity index (χ4v) is 2.78. The summed E-state index contributed by atoms with van der Waals surface area (Å²) in [6.07, 6.45) is 2.99. The van der Waals surface area contributed by atoms with Crippen molar-refractivity contribution in [2.45, 2.75) is 6.54 Å². The van der Waals surface area contributed by atoms with Gasteiger partial charge in [-0.25, -0.2) is 15.0 Å². The molecule has 136 valence electrons. The van der Waals surface area contributed by atoms with Crippen LogP contribution in [0.1, 0.15) is 5.56 Å². The van der Waals surface area contributed by atoms with Crippen molar-refractivity contribution < 1.29 is 4.74 Å². The molecular formula is C19H17ClN6O. The van der Waals surface area contributed by atoms with Gasteiger partial charge in [0, 0.05) is 19.3 Å². The molecule has 0 unspecified atom stereocenters. The Balaban J connectivity index is 1.43. The second-order valence-electron chi connectivity index (χ2n) is 6.03. The third-order valence-corrected chi connectivity index (χ3v) is 4.28. The quantitative estimate of drug-likeness (QED) is 0.508. The molecule has 4 aromatic rings. The Morgan fingerprint density at radius 2 is 1.85 bits per heavy atom. The van der Waals surface area contributed by atoms with Gasteiger partial charge in [0.25, 0.3) is 0 Å². The maximum Gasteiger partial charge on any atom is 0.321 e. The van der Waals surface area contributed by atoms with Gasteiger partial charge in [0.05, 0.1) is 28.4 Å². The number of nitrogens with two attached hydrogens (primary N) is 1. The third-order valence-electron chi connectivity index (χ3n) is 4.08. The molecule has 2 aromatic heterocycles. The lowest BCUT2D eigenvalue weighted by atomic mass is 10.2. The highest BCUT2D eigenvalue weighted by Crippen LogP contribution is 2.22. The van der Waals surface area contributed by atoms with Crippen molar-refractivity contribution in [3.8, 4) is 11.8 Å². The van der Waals surface area contributed by atoms with Crippen molar-refractivity contribution in [3.05, 3.63) is 65.4 Å². The summed E-state index contributed by atoms with van der Waals surface area (Å²) in [5, 5.41) is 3.81. The van der Waals surface area contributed by atoms with Gasteiger partial charge < -0.3 is 20.4 Å². The molecule has 0 aliphatic carbocycles. The highest BCUT2D eigenvalue weighted by Gasteiger charge is 2.08. The summed E-state index contributed by atoms with van der Waals surface area (Å²) in [6.45, 7) is 0.629. The minimum Gasteiger partial charge on any atom is -0.424 e. The molecule has 3 N–H and O–H groups in total. The largest absolute Gasteiger partial charge is 0.424 e. The topological polar surface area (TPSA) is 90.9 Å². The number of hydrogen-bond donors (Lipinski definition) is 2. The molecule has 0 radical (unpaired) electrons. The van der Waals surface area contributed by atoms with Crippen LogP contribution in [0.25, 0.3) is 11.0 Å². The number of hydrogen-bond acceptors (Lipinski definition) is 6. The first-order valence-electron chi connectivity index (χ1n) is 8.29. The minimum absolute atomic E-state index is 0.254. The van der Waals surface area contributed by atoms with E-state index in [0.29, 0.717) is 17.3 Å². The SMILES string of the molecule is Cn1c(NCc2ccc(Oc3ncc(Cl)cn3)cc2)nc2ccc(N)cc21. The van der Waals surface area contributed by atoms with Crippen molar-refractivity contribution in [1.82, 2.24) is 19.5 Å². The number of aryl methyl sites for hydroxylation is 1. The summed E-state index contributed by atoms with van der Waals surface area (Å²) in [5.74, 6) is 1.43. The molecular weight excluding hydrogens is 364 g/mol. The van der Waals surface area contributed by atoms with Gasteiger partial charge in [0.15, 0.2) is 0 Å². The van der Waals surface area contributed by atoms with E-state index in [1.807, 2.05) is 54.1 Å². The summed E-state index contributed by atoms with van der Waals surface area (Å²) in [5.41, 5.74) is 9.56. The van der Waals surface area contributed by atoms with Gasteiger partial charge in [-0.2, -0.15) is 0 Å². The zero-order valence-electron chi connectivity index (χ0n) is 14.6. The summed E-state index contributed by atoms with van der Waals surface area (Å²) in [7, 11) is 1.96. The predicted octanol–water partition coefficient (Wildman–Crippen LogP) is 4.00. The van der Waals surface area contributed by atoms with E-state index in [9.17, 15) is 0 Å². The van der Waals surface area contributed by atoms with Crippen molar-refractivity contribution in [3.63, 3.8) is 0 Å². The summed E-state index contributed by atoms with van der Waals surface area (Å²) in [6, 6.07) is 13.6. The number of nitrogens with one attached hydrogen (secondary N) is 1. The molecule has 27 heavy (non-hydrogen) atoms. The molecule has 0 fully saturated rings. The monoisotopic (exact) mass is 380 g/mol. The van der Waals surface area contributed by atoms with Crippen LogP contribution in [0.3, 0.4) is 0 Å². The Morgan fingerprint density at radius 1 is 1.11 bits per heavy atom. The highest BCUT2D eigenvalue weighted by atomic mass is 35.5. The Kier molecular flexibility index (Phi) is 4.52. The number of anilines is 2. The Hall–Kier alpha value is -3.32. The smallest absolute Gasteiger partial charge is 0.321 e. The number of imidazole rings is 1. The first-order valence-corrected chi connectivity index (χ1v) is 8.66. The molecule has 0 bridgehead atoms. The van der Waals surface area contributed by atoms with Gasteiger partial charge in [0.2, 0.25) is 5.95 Å². The third kappa shape index (κ3) is 3.78. The molecule has 0 saturated heterocycles. The van der Waals surface area contributed by atoms with Crippen LogP contribution in [0, 0.1) is 0 Å². The van der Waals surface area contributed by atoms with Crippen molar-refractivity contribution in [1.29, 1.82) is 0 Å². The van der Waals surface area contributed by atoms with E-state index in [4.69, 9.17) is 22.1 Å². The lowest BCUT2D eigenvalue weighted by Gasteiger charge is -2.08. The van der Waals surface area contributed by atoms with Crippen LogP contribution in [-0.2, 0) is 13.6 Å². The molecule has 0 amide bonds. The average molecular weight is 381 g/mol. The van der Waals surface area contributed by atoms with Crippen molar-refractivity contribution in [2.24, 2.45) is 7.05 Å². The van der Waals surface area contributed by atoms with Crippen molar-refractivity contribution >= 4 is 34.3 Å². The first-order chi connectivity index (χ1) is 13.1. The van der Waals surface area contributed by atoms with Crippen LogP contribution < -0.4 is 15.8 Å². The standard InChI is InChI=1S/C19H17ClN6O/c1-26-17-8-14(21)4-7-16(17)25-18(26)22-9-12-2-5-15(6-3-12)27-19-23-10-13(20)11-24-19/h2-8,10-11H,9,21H2,1H3,(H,22,25). The van der Waals surface area contributed by atoms with Gasteiger partial charge in [0.1, 0.15) is 5.75 Å². The molecule has 0 aliphatic rings. The van der Waals surface area contributed by atoms with E-state index in [-0.39, 0.29) is 6.01 Å². The van der Waals surface area contributed by atoms with E-state index >= 15 is 0 Å². The fraction of sp³-hybridized carbons (Fsp3) is 0.105. The maximum absolute atomic E-state index is 5.85. The second-order valence-corrected chi connectivity index (χ2v) is 6.46. The fourth-order valence-electron chi connectivity index (χ4n) is 2.68. The number of halogens is 1. The average Bonchev–Trinajstić information content (AvgIpc) is 2.98. The zero-order valence-corrected chi connectivity index (χ0v) is 15.3. The first kappa shape index (κ1) is 17.1. The Labute approximate surface area is 160 Å². The van der Waals surface area contributed by atoms with Crippen molar-refractivity contribution in [2.75, 3.05) is 11.1 Å². The van der Waals surface area contributed by atoms with Crippen LogP contribution in [0.15, 0.2) is 54.9 Å². The van der Waals surface area contributed by atoms with Gasteiger partial charge in [-0.15, -0.1) is 0 Å². The molecule has 0 atom stereocenters. The van der Waals surface area contributed by atoms with Gasteiger partial charge in [-0.05, 0) is 35.9 Å². The van der Waals surface area contributed by atoms with E-state index in [2.05, 4.69) is 20.3 Å². The molecule has 0 spiro atoms. The lowest BCUT2D eigenvalue weighted by molar-refractivity contribution is 0.441. The number of nitrogens with zero attached hydrogens (tertiary/aromatic N) is 4. The number of rotatable bonds is 5. The number of benzene rings is 2. The molecule has 2 aromatic carbocycles. The number of aromatic nitrogens is 4. The van der Waals surface area contributed by atoms with E-state index < -0.39 is 0 Å². The zero-order chi connectivity index (χ0) is 18.8. The molecule has 4 rings (SSSR count). The van der Waals surface area contributed by atoms with Crippen LogP contribution in [0.5, 0.6) is 11.8 Å². The minimum atomic E-state index is 0.254. The maximum atomic E-state index is 5.85. The Bertz CT molecular complexity index is 1080. The normalized spacial score (nSPS) is 10.9. The molecule has 0 saturated carbocycles. The second kappa shape index (κ2) is 7.13. The summed E-state index contributed by atoms with van der Waals surface area (Å²) < 4.78 is 7.58. The lowest BCUT2D eigenvalue weighted by Crippen LogP contribution is -2.05. The van der Waals surface area contributed by atoms with Crippen LogP contribution >= 0.6 is 11.6 Å². The van der Waals surface area contributed by atoms with Crippen LogP contribution in [0.2, 0.25) is 5.02 Å². The summed E-state index contributed by atoms with van der Waals surface area (Å²) in [4.78, 5) is 12.6. The highest BCUT2D eigenvalue weighted by molar-refractivity contribution is 6.30. The van der Waals surface area contributed by atoms with Gasteiger partial charge in [-0.1, -0.05) is 23.7 Å². The molecule has 0 aliphatic heterocycles. The van der Waals surface area contributed by atoms with Gasteiger partial charge >= 0.3 is 6.01 Å². The Morgan fingerprint density at radius 3 is 2.59 bits per heavy atom.